The summed E-state index contributed by atoms with van der Waals surface area (Å²) in [5.41, 5.74) is 4.58. The Labute approximate surface area is 257 Å². The minimum atomic E-state index is -2.20. The zero-order valence-corrected chi connectivity index (χ0v) is 25.2. The number of furan rings is 1. The highest BCUT2D eigenvalue weighted by Crippen LogP contribution is 2.45. The van der Waals surface area contributed by atoms with Crippen LogP contribution in [-0.2, 0) is 29.0 Å². The topological polar surface area (TPSA) is 129 Å². The number of amides is 1. The molecule has 1 amide bonds. The van der Waals surface area contributed by atoms with E-state index in [9.17, 15) is 22.7 Å². The summed E-state index contributed by atoms with van der Waals surface area (Å²) >= 11 is -2.20. The lowest BCUT2D eigenvalue weighted by atomic mass is 9.97. The molecule has 3 aromatic carbocycles. The molecule has 1 aliphatic rings. The highest BCUT2D eigenvalue weighted by Gasteiger charge is 2.30. The maximum atomic E-state index is 13.6. The number of aromatic carboxylic acids is 1. The molecule has 1 aromatic heterocycles. The van der Waals surface area contributed by atoms with Crippen molar-refractivity contribution in [3.05, 3.63) is 94.3 Å². The molecule has 232 valence electrons. The van der Waals surface area contributed by atoms with Crippen LogP contribution in [0.5, 0.6) is 0 Å². The fourth-order valence-corrected chi connectivity index (χ4v) is 5.80. The molecular weight excluding hydrogens is 587 g/mol. The average molecular weight is 623 g/mol. The molecule has 0 saturated heterocycles. The second kappa shape index (κ2) is 14.3. The molecule has 0 bridgehead atoms. The molecule has 0 aliphatic heterocycles. The fraction of sp³-hybridized carbons (Fsp3) is 0.333. The minimum absolute atomic E-state index is 0.236. The molecule has 1 atom stereocenters. The molecular formula is C33H35FN2O7S. The van der Waals surface area contributed by atoms with Gasteiger partial charge in [0.15, 0.2) is 0 Å². The molecule has 1 unspecified atom stereocenters. The van der Waals surface area contributed by atoms with E-state index in [-0.39, 0.29) is 18.0 Å². The third kappa shape index (κ3) is 7.59. The van der Waals surface area contributed by atoms with E-state index in [0.717, 1.165) is 29.5 Å². The molecule has 1 saturated carbocycles. The van der Waals surface area contributed by atoms with E-state index in [0.29, 0.717) is 72.8 Å². The van der Waals surface area contributed by atoms with Gasteiger partial charge in [0, 0.05) is 37.7 Å². The highest BCUT2D eigenvalue weighted by molar-refractivity contribution is 7.76. The van der Waals surface area contributed by atoms with Crippen LogP contribution in [0.3, 0.4) is 0 Å². The Morgan fingerprint density at radius 2 is 1.80 bits per heavy atom. The van der Waals surface area contributed by atoms with Crippen molar-refractivity contribution >= 4 is 34.1 Å². The molecule has 5 rings (SSSR count). The van der Waals surface area contributed by atoms with Crippen molar-refractivity contribution in [1.82, 2.24) is 9.62 Å². The van der Waals surface area contributed by atoms with Crippen LogP contribution in [0.15, 0.2) is 65.1 Å². The number of ether oxygens (including phenoxy) is 1. The zero-order chi connectivity index (χ0) is 31.2. The lowest BCUT2D eigenvalue weighted by Crippen LogP contribution is -2.27. The second-order valence-electron chi connectivity index (χ2n) is 10.9. The van der Waals surface area contributed by atoms with Crippen LogP contribution < -0.4 is 5.32 Å². The molecule has 4 aromatic rings. The van der Waals surface area contributed by atoms with E-state index in [1.54, 1.807) is 43.4 Å². The van der Waals surface area contributed by atoms with Crippen molar-refractivity contribution in [1.29, 1.82) is 0 Å². The molecule has 1 fully saturated rings. The Balaban J connectivity index is 1.24. The smallest absolute Gasteiger partial charge is 0.335 e. The summed E-state index contributed by atoms with van der Waals surface area (Å²) in [4.78, 5) is 23.9. The van der Waals surface area contributed by atoms with Crippen molar-refractivity contribution in [3.8, 4) is 11.3 Å². The largest absolute Gasteiger partial charge is 0.478 e. The number of fused-ring (bicyclic) bond motifs is 1. The number of rotatable bonds is 15. The third-order valence-electron chi connectivity index (χ3n) is 7.78. The summed E-state index contributed by atoms with van der Waals surface area (Å²) in [6.45, 7) is 1.61. The average Bonchev–Trinajstić information content (AvgIpc) is 3.80. The number of carboxylic acid groups (broad SMARTS) is 1. The Kier molecular flexibility index (Phi) is 10.2. The van der Waals surface area contributed by atoms with Crippen LogP contribution in [-0.4, -0.2) is 56.9 Å². The third-order valence-corrected chi connectivity index (χ3v) is 8.53. The van der Waals surface area contributed by atoms with Gasteiger partial charge in [-0.25, -0.2) is 13.4 Å². The highest BCUT2D eigenvalue weighted by atomic mass is 32.2. The number of carboxylic acids is 1. The van der Waals surface area contributed by atoms with Gasteiger partial charge in [0.05, 0.1) is 17.7 Å². The van der Waals surface area contributed by atoms with E-state index in [4.69, 9.17) is 14.3 Å². The van der Waals surface area contributed by atoms with E-state index in [2.05, 4.69) is 5.32 Å². The summed E-state index contributed by atoms with van der Waals surface area (Å²) in [5.74, 6) is -1.01. The first-order valence-electron chi connectivity index (χ1n) is 14.6. The molecule has 11 heteroatoms. The number of hydrogen-bond acceptors (Lipinski definition) is 5. The number of halogens is 1. The van der Waals surface area contributed by atoms with Crippen molar-refractivity contribution < 1.29 is 37.0 Å². The number of unbranched alkanes of at least 4 members (excludes halogenated alkanes) is 1. The van der Waals surface area contributed by atoms with E-state index >= 15 is 0 Å². The van der Waals surface area contributed by atoms with Crippen molar-refractivity contribution in [2.45, 2.75) is 44.6 Å². The quantitative estimate of drug-likeness (QED) is 0.107. The number of carbonyl (C=O) groups is 2. The summed E-state index contributed by atoms with van der Waals surface area (Å²) in [6, 6.07) is 16.3. The standard InChI is InChI=1S/C33H35FN2O7S/c1-35-32(37)30-28-19-27(22-8-9-22)25(18-29(28)43-31(30)23-10-12-26(34)13-11-23)20-36(44(40)41)15-2-3-16-42-17-14-21-4-6-24(7-5-21)33(38)39/h4-7,10-13,18-19,22H,2-3,8-9,14-17,20H2,1H3,(H,35,37)(H,38,39)(H,40,41). The van der Waals surface area contributed by atoms with Gasteiger partial charge in [0.1, 0.15) is 17.2 Å². The SMILES string of the molecule is CNC(=O)c1c(-c2ccc(F)cc2)oc2cc(CN(CCCCOCCc3ccc(C(=O)O)cc3)S(=O)O)c(C3CC3)cc12. The monoisotopic (exact) mass is 622 g/mol. The minimum Gasteiger partial charge on any atom is -0.478 e. The van der Waals surface area contributed by atoms with Crippen LogP contribution in [0.2, 0.25) is 0 Å². The molecule has 3 N–H and O–H groups in total. The number of nitrogens with zero attached hydrogens (tertiary/aromatic N) is 1. The summed E-state index contributed by atoms with van der Waals surface area (Å²) in [5, 5.41) is 12.3. The van der Waals surface area contributed by atoms with E-state index in [1.807, 2.05) is 12.1 Å². The first-order valence-corrected chi connectivity index (χ1v) is 15.6. The zero-order valence-electron chi connectivity index (χ0n) is 24.4. The maximum Gasteiger partial charge on any atom is 0.335 e. The van der Waals surface area contributed by atoms with Crippen molar-refractivity contribution in [2.75, 3.05) is 26.8 Å². The van der Waals surface area contributed by atoms with Gasteiger partial charge in [0.25, 0.3) is 5.91 Å². The summed E-state index contributed by atoms with van der Waals surface area (Å²) < 4.78 is 49.4. The lowest BCUT2D eigenvalue weighted by molar-refractivity contribution is 0.0696. The van der Waals surface area contributed by atoms with Crippen LogP contribution in [0.25, 0.3) is 22.3 Å². The number of benzene rings is 3. The molecule has 0 spiro atoms. The van der Waals surface area contributed by atoms with Crippen LogP contribution >= 0.6 is 0 Å². The van der Waals surface area contributed by atoms with Gasteiger partial charge in [-0.3, -0.25) is 9.35 Å². The van der Waals surface area contributed by atoms with Crippen LogP contribution in [0.4, 0.5) is 4.39 Å². The molecule has 44 heavy (non-hydrogen) atoms. The lowest BCUT2D eigenvalue weighted by Gasteiger charge is -2.20. The van der Waals surface area contributed by atoms with Crippen molar-refractivity contribution in [2.24, 2.45) is 0 Å². The van der Waals surface area contributed by atoms with Gasteiger partial charge < -0.3 is 19.6 Å². The number of nitrogens with one attached hydrogen (secondary N) is 1. The van der Waals surface area contributed by atoms with E-state index < -0.39 is 23.1 Å². The van der Waals surface area contributed by atoms with Gasteiger partial charge in [0.2, 0.25) is 11.3 Å². The van der Waals surface area contributed by atoms with Gasteiger partial charge in [-0.05, 0) is 103 Å². The first-order chi connectivity index (χ1) is 21.2. The molecule has 1 aliphatic carbocycles. The van der Waals surface area contributed by atoms with Gasteiger partial charge in [-0.1, -0.05) is 12.1 Å². The van der Waals surface area contributed by atoms with Gasteiger partial charge in [-0.15, -0.1) is 0 Å². The molecule has 0 radical (unpaired) electrons. The predicted molar refractivity (Wildman–Crippen MR) is 165 cm³/mol. The molecule has 9 nitrogen and oxygen atoms in total. The summed E-state index contributed by atoms with van der Waals surface area (Å²) in [7, 11) is 1.55. The fourth-order valence-electron chi connectivity index (χ4n) is 5.27. The van der Waals surface area contributed by atoms with Gasteiger partial charge >= 0.3 is 5.97 Å². The Hall–Kier alpha value is -3.90. The normalized spacial score (nSPS) is 13.8. The van der Waals surface area contributed by atoms with Crippen molar-refractivity contribution in [3.63, 3.8) is 0 Å². The maximum absolute atomic E-state index is 13.6. The Bertz CT molecular complexity index is 1650. The summed E-state index contributed by atoms with van der Waals surface area (Å²) in [6.07, 6.45) is 4.02. The Morgan fingerprint density at radius 3 is 2.43 bits per heavy atom. The predicted octanol–water partition coefficient (Wildman–Crippen LogP) is 6.15. The molecule has 1 heterocycles. The van der Waals surface area contributed by atoms with Crippen LogP contribution in [0.1, 0.15) is 69.0 Å². The number of carbonyl (C=O) groups excluding carboxylic acids is 1. The first kappa shape index (κ1) is 31.5. The Morgan fingerprint density at radius 1 is 1.07 bits per heavy atom. The van der Waals surface area contributed by atoms with Gasteiger partial charge in [-0.2, -0.15) is 4.31 Å². The second-order valence-corrected chi connectivity index (χ2v) is 11.9. The van der Waals surface area contributed by atoms with Crippen LogP contribution in [0, 0.1) is 5.82 Å². The number of hydrogen-bond donors (Lipinski definition) is 3. The van der Waals surface area contributed by atoms with E-state index in [1.165, 1.54) is 16.4 Å².